The Morgan fingerprint density at radius 3 is 2.48 bits per heavy atom. The van der Waals surface area contributed by atoms with Crippen LogP contribution in [-0.2, 0) is 4.74 Å². The van der Waals surface area contributed by atoms with E-state index in [0.717, 1.165) is 19.3 Å². The van der Waals surface area contributed by atoms with Crippen LogP contribution < -0.4 is 10.6 Å². The zero-order valence-corrected chi connectivity index (χ0v) is 15.6. The summed E-state index contributed by atoms with van der Waals surface area (Å²) >= 11 is 0. The summed E-state index contributed by atoms with van der Waals surface area (Å²) < 4.78 is 33.2. The molecule has 0 bridgehead atoms. The minimum absolute atomic E-state index is 0.00807. The molecule has 3 unspecified atom stereocenters. The number of aryl methyl sites for hydroxylation is 1. The topological polar surface area (TPSA) is 50.4 Å². The molecule has 1 amide bonds. The second-order valence-corrected chi connectivity index (χ2v) is 7.80. The molecule has 0 spiro atoms. The van der Waals surface area contributed by atoms with E-state index >= 15 is 0 Å². The van der Waals surface area contributed by atoms with Gasteiger partial charge in [0.25, 0.3) is 0 Å². The van der Waals surface area contributed by atoms with Crippen LogP contribution in [0.4, 0.5) is 13.6 Å². The van der Waals surface area contributed by atoms with Gasteiger partial charge >= 0.3 is 6.09 Å². The summed E-state index contributed by atoms with van der Waals surface area (Å²) in [5, 5.41) is 6.21. The van der Waals surface area contributed by atoms with Crippen LogP contribution in [0.15, 0.2) is 12.1 Å². The number of hydrogen-bond donors (Lipinski definition) is 2. The first-order valence-electron chi connectivity index (χ1n) is 8.78. The van der Waals surface area contributed by atoms with Gasteiger partial charge in [0.1, 0.15) is 17.2 Å². The van der Waals surface area contributed by atoms with Crippen LogP contribution >= 0.6 is 0 Å². The molecule has 4 nitrogen and oxygen atoms in total. The van der Waals surface area contributed by atoms with E-state index in [-0.39, 0.29) is 18.1 Å². The number of alkyl carbamates (subject to hydrolysis) is 1. The molecule has 1 aromatic carbocycles. The molecule has 0 radical (unpaired) electrons. The molecule has 140 valence electrons. The SMILES string of the molecule is Cc1cc(F)c(C(C)NC2CCCC2NC(=O)OC(C)(C)C)cc1F. The van der Waals surface area contributed by atoms with Crippen molar-refractivity contribution in [3.05, 3.63) is 34.9 Å². The van der Waals surface area contributed by atoms with E-state index in [9.17, 15) is 13.6 Å². The average molecular weight is 354 g/mol. The third kappa shape index (κ3) is 5.39. The van der Waals surface area contributed by atoms with E-state index in [0.29, 0.717) is 11.1 Å². The van der Waals surface area contributed by atoms with Crippen molar-refractivity contribution in [3.8, 4) is 0 Å². The maximum absolute atomic E-state index is 14.2. The molecule has 1 fully saturated rings. The molecular formula is C19H28F2N2O2. The molecule has 1 aliphatic carbocycles. The van der Waals surface area contributed by atoms with Gasteiger partial charge in [-0.1, -0.05) is 0 Å². The highest BCUT2D eigenvalue weighted by molar-refractivity contribution is 5.68. The molecule has 0 saturated heterocycles. The van der Waals surface area contributed by atoms with Gasteiger partial charge in [0.05, 0.1) is 0 Å². The molecule has 1 aromatic rings. The molecule has 2 rings (SSSR count). The van der Waals surface area contributed by atoms with E-state index in [1.165, 1.54) is 19.1 Å². The van der Waals surface area contributed by atoms with Gasteiger partial charge in [-0.2, -0.15) is 0 Å². The first-order chi connectivity index (χ1) is 11.6. The second kappa shape index (κ2) is 7.68. The standard InChI is InChI=1S/C19H28F2N2O2/c1-11-9-15(21)13(10-14(11)20)12(2)22-16-7-6-8-17(16)23-18(24)25-19(3,4)5/h9-10,12,16-17,22H,6-8H2,1-5H3,(H,23,24). The quantitative estimate of drug-likeness (QED) is 0.844. The Balaban J connectivity index is 2.01. The van der Waals surface area contributed by atoms with Crippen LogP contribution in [0.2, 0.25) is 0 Å². The van der Waals surface area contributed by atoms with E-state index in [4.69, 9.17) is 4.74 Å². The molecule has 0 aromatic heterocycles. The number of rotatable bonds is 4. The van der Waals surface area contributed by atoms with Crippen molar-refractivity contribution >= 4 is 6.09 Å². The van der Waals surface area contributed by atoms with Crippen LogP contribution in [-0.4, -0.2) is 23.8 Å². The van der Waals surface area contributed by atoms with Crippen LogP contribution in [0.5, 0.6) is 0 Å². The summed E-state index contributed by atoms with van der Waals surface area (Å²) in [7, 11) is 0. The van der Waals surface area contributed by atoms with Gasteiger partial charge in [0, 0.05) is 23.7 Å². The monoisotopic (exact) mass is 354 g/mol. The Kier molecular flexibility index (Phi) is 6.03. The Labute approximate surface area is 148 Å². The van der Waals surface area contributed by atoms with Crippen molar-refractivity contribution < 1.29 is 18.3 Å². The molecule has 0 aliphatic heterocycles. The molecule has 0 heterocycles. The zero-order valence-electron chi connectivity index (χ0n) is 15.6. The fraction of sp³-hybridized carbons (Fsp3) is 0.632. The molecule has 25 heavy (non-hydrogen) atoms. The van der Waals surface area contributed by atoms with E-state index in [2.05, 4.69) is 10.6 Å². The van der Waals surface area contributed by atoms with Gasteiger partial charge in [-0.3, -0.25) is 0 Å². The van der Waals surface area contributed by atoms with Gasteiger partial charge in [-0.25, -0.2) is 13.6 Å². The number of carbonyl (C=O) groups is 1. The largest absolute Gasteiger partial charge is 0.444 e. The van der Waals surface area contributed by atoms with Gasteiger partial charge < -0.3 is 15.4 Å². The number of amides is 1. The smallest absolute Gasteiger partial charge is 0.407 e. The van der Waals surface area contributed by atoms with Gasteiger partial charge in [0.2, 0.25) is 0 Å². The zero-order chi connectivity index (χ0) is 18.8. The molecule has 6 heteroatoms. The van der Waals surface area contributed by atoms with Crippen LogP contribution in [0.3, 0.4) is 0 Å². The van der Waals surface area contributed by atoms with Crippen molar-refractivity contribution in [2.24, 2.45) is 0 Å². The molecule has 1 aliphatic rings. The number of carbonyl (C=O) groups excluding carboxylic acids is 1. The van der Waals surface area contributed by atoms with Crippen molar-refractivity contribution in [2.45, 2.75) is 77.6 Å². The Bertz CT molecular complexity index is 629. The maximum Gasteiger partial charge on any atom is 0.407 e. The highest BCUT2D eigenvalue weighted by Crippen LogP contribution is 2.26. The van der Waals surface area contributed by atoms with E-state index < -0.39 is 23.3 Å². The third-order valence-corrected chi connectivity index (χ3v) is 4.43. The van der Waals surface area contributed by atoms with Crippen LogP contribution in [0.25, 0.3) is 0 Å². The van der Waals surface area contributed by atoms with E-state index in [1.807, 2.05) is 20.8 Å². The molecule has 3 atom stereocenters. The maximum atomic E-state index is 14.2. The third-order valence-electron chi connectivity index (χ3n) is 4.43. The number of nitrogens with one attached hydrogen (secondary N) is 2. The predicted octanol–water partition coefficient (Wildman–Crippen LogP) is 4.37. The first-order valence-corrected chi connectivity index (χ1v) is 8.78. The van der Waals surface area contributed by atoms with Gasteiger partial charge in [0.15, 0.2) is 0 Å². The number of halogens is 2. The average Bonchev–Trinajstić information content (AvgIpc) is 2.87. The van der Waals surface area contributed by atoms with Crippen LogP contribution in [0.1, 0.15) is 64.1 Å². The molecule has 2 N–H and O–H groups in total. The summed E-state index contributed by atoms with van der Waals surface area (Å²) in [5.41, 5.74) is 0.0337. The summed E-state index contributed by atoms with van der Waals surface area (Å²) in [4.78, 5) is 12.0. The lowest BCUT2D eigenvalue weighted by molar-refractivity contribution is 0.0497. The number of benzene rings is 1. The number of ether oxygens (including phenoxy) is 1. The summed E-state index contributed by atoms with van der Waals surface area (Å²) in [6.45, 7) is 8.78. The lowest BCUT2D eigenvalue weighted by atomic mass is 10.0. The first kappa shape index (κ1) is 19.6. The summed E-state index contributed by atoms with van der Waals surface area (Å²) in [6.07, 6.45) is 2.19. The lowest BCUT2D eigenvalue weighted by Crippen LogP contribution is -2.48. The van der Waals surface area contributed by atoms with Crippen molar-refractivity contribution in [1.82, 2.24) is 10.6 Å². The van der Waals surface area contributed by atoms with Crippen molar-refractivity contribution in [3.63, 3.8) is 0 Å². The van der Waals surface area contributed by atoms with Gasteiger partial charge in [-0.15, -0.1) is 0 Å². The van der Waals surface area contributed by atoms with Crippen molar-refractivity contribution in [1.29, 1.82) is 0 Å². The Morgan fingerprint density at radius 2 is 1.84 bits per heavy atom. The number of hydrogen-bond acceptors (Lipinski definition) is 3. The molecule has 1 saturated carbocycles. The molecular weight excluding hydrogens is 326 g/mol. The van der Waals surface area contributed by atoms with Crippen molar-refractivity contribution in [2.75, 3.05) is 0 Å². The Hall–Kier alpha value is -1.69. The minimum atomic E-state index is -0.554. The normalized spacial score (nSPS) is 21.9. The second-order valence-electron chi connectivity index (χ2n) is 7.80. The minimum Gasteiger partial charge on any atom is -0.444 e. The highest BCUT2D eigenvalue weighted by atomic mass is 19.1. The summed E-state index contributed by atoms with van der Waals surface area (Å²) in [5.74, 6) is -0.839. The lowest BCUT2D eigenvalue weighted by Gasteiger charge is -2.28. The fourth-order valence-electron chi connectivity index (χ4n) is 3.20. The van der Waals surface area contributed by atoms with Crippen LogP contribution in [0, 0.1) is 18.6 Å². The Morgan fingerprint density at radius 1 is 1.20 bits per heavy atom. The van der Waals surface area contributed by atoms with E-state index in [1.54, 1.807) is 6.92 Å². The summed E-state index contributed by atoms with van der Waals surface area (Å²) in [6, 6.07) is 2.00. The van der Waals surface area contributed by atoms with Gasteiger partial charge in [-0.05, 0) is 71.6 Å². The fourth-order valence-corrected chi connectivity index (χ4v) is 3.20. The highest BCUT2D eigenvalue weighted by Gasteiger charge is 2.31. The predicted molar refractivity (Wildman–Crippen MR) is 93.4 cm³/mol.